The Labute approximate surface area is 177 Å². The van der Waals surface area contributed by atoms with Gasteiger partial charge in [0.1, 0.15) is 5.75 Å². The van der Waals surface area contributed by atoms with Crippen molar-refractivity contribution in [2.45, 2.75) is 34.6 Å². The average molecular weight is 396 g/mol. The summed E-state index contributed by atoms with van der Waals surface area (Å²) in [5.41, 5.74) is 8.29. The van der Waals surface area contributed by atoms with Crippen LogP contribution in [0.15, 0.2) is 60.7 Å². The molecule has 0 unspecified atom stereocenters. The number of hydrogen-bond acceptors (Lipinski definition) is 3. The molecule has 0 saturated carbocycles. The summed E-state index contributed by atoms with van der Waals surface area (Å²) < 4.78 is 5.89. The number of para-hydroxylation sites is 1. The van der Waals surface area contributed by atoms with Gasteiger partial charge in [-0.25, -0.2) is 9.78 Å². The minimum absolute atomic E-state index is 0.363. The number of aryl methyl sites for hydroxylation is 5. The first-order chi connectivity index (χ1) is 14.3. The van der Waals surface area contributed by atoms with Gasteiger partial charge in [-0.2, -0.15) is 0 Å². The Morgan fingerprint density at radius 3 is 2.10 bits per heavy atom. The average Bonchev–Trinajstić information content (AvgIpc) is 2.70. The number of rotatable bonds is 3. The summed E-state index contributed by atoms with van der Waals surface area (Å²) in [5.74, 6) is 0.256. The van der Waals surface area contributed by atoms with E-state index >= 15 is 0 Å². The highest BCUT2D eigenvalue weighted by Gasteiger charge is 2.19. The molecule has 0 spiro atoms. The highest BCUT2D eigenvalue weighted by Crippen LogP contribution is 2.30. The van der Waals surface area contributed by atoms with Crippen molar-refractivity contribution in [3.8, 4) is 17.0 Å². The fraction of sp³-hybridized carbons (Fsp3) is 0.185. The third-order valence-electron chi connectivity index (χ3n) is 5.42. The van der Waals surface area contributed by atoms with Gasteiger partial charge in [-0.3, -0.25) is 0 Å². The summed E-state index contributed by atoms with van der Waals surface area (Å²) in [6.45, 7) is 10.0. The van der Waals surface area contributed by atoms with Crippen LogP contribution in [-0.2, 0) is 0 Å². The predicted molar refractivity (Wildman–Crippen MR) is 122 cm³/mol. The third-order valence-corrected chi connectivity index (χ3v) is 5.42. The topological polar surface area (TPSA) is 39.2 Å². The van der Waals surface area contributed by atoms with Gasteiger partial charge >= 0.3 is 5.97 Å². The summed E-state index contributed by atoms with van der Waals surface area (Å²) in [6.07, 6.45) is 0. The van der Waals surface area contributed by atoms with Crippen LogP contribution in [0.3, 0.4) is 0 Å². The first kappa shape index (κ1) is 19.8. The molecule has 0 N–H and O–H groups in total. The number of fused-ring (bicyclic) bond motifs is 1. The van der Waals surface area contributed by atoms with Crippen molar-refractivity contribution in [3.63, 3.8) is 0 Å². The van der Waals surface area contributed by atoms with Crippen molar-refractivity contribution in [1.82, 2.24) is 4.98 Å². The number of hydrogen-bond donors (Lipinski definition) is 0. The second kappa shape index (κ2) is 7.75. The van der Waals surface area contributed by atoms with Gasteiger partial charge in [-0.15, -0.1) is 0 Å². The fourth-order valence-electron chi connectivity index (χ4n) is 3.83. The third kappa shape index (κ3) is 3.71. The van der Waals surface area contributed by atoms with Crippen LogP contribution in [0.25, 0.3) is 22.2 Å². The summed E-state index contributed by atoms with van der Waals surface area (Å²) in [4.78, 5) is 18.2. The van der Waals surface area contributed by atoms with Crippen molar-refractivity contribution in [3.05, 3.63) is 94.0 Å². The number of aromatic nitrogens is 1. The molecule has 0 saturated heterocycles. The molecule has 1 aromatic heterocycles. The van der Waals surface area contributed by atoms with Crippen LogP contribution < -0.4 is 4.74 Å². The number of nitrogens with zero attached hydrogens (tertiary/aromatic N) is 1. The molecule has 0 amide bonds. The van der Waals surface area contributed by atoms with Gasteiger partial charge in [0.2, 0.25) is 0 Å². The SMILES string of the molecule is Cc1ccc(-c2cc(C(=O)Oc3c(C)cccc3C)c3cc(C)cc(C)c3n2)cc1. The van der Waals surface area contributed by atoms with E-state index in [1.54, 1.807) is 0 Å². The standard InChI is InChI=1S/C27H25NO2/c1-16-9-11-21(12-10-16)24-15-23(22-14-17(2)13-20(5)25(22)28-24)27(29)30-26-18(3)7-6-8-19(26)4/h6-15H,1-5H3. The molecule has 30 heavy (non-hydrogen) atoms. The van der Waals surface area contributed by atoms with E-state index in [1.807, 2.05) is 70.2 Å². The Hall–Kier alpha value is -3.46. The van der Waals surface area contributed by atoms with Crippen LogP contribution in [-0.4, -0.2) is 11.0 Å². The minimum atomic E-state index is -0.363. The highest BCUT2D eigenvalue weighted by atomic mass is 16.5. The van der Waals surface area contributed by atoms with Gasteiger partial charge in [0.25, 0.3) is 0 Å². The van der Waals surface area contributed by atoms with Crippen LogP contribution in [0.4, 0.5) is 0 Å². The molecular weight excluding hydrogens is 370 g/mol. The number of ether oxygens (including phenoxy) is 1. The van der Waals surface area contributed by atoms with Crippen LogP contribution >= 0.6 is 0 Å². The lowest BCUT2D eigenvalue weighted by molar-refractivity contribution is 0.0734. The van der Waals surface area contributed by atoms with Crippen LogP contribution in [0.1, 0.15) is 38.2 Å². The maximum Gasteiger partial charge on any atom is 0.344 e. The summed E-state index contributed by atoms with van der Waals surface area (Å²) in [5, 5.41) is 0.819. The highest BCUT2D eigenvalue weighted by molar-refractivity contribution is 6.06. The summed E-state index contributed by atoms with van der Waals surface area (Å²) >= 11 is 0. The van der Waals surface area contributed by atoms with Crippen molar-refractivity contribution in [2.24, 2.45) is 0 Å². The van der Waals surface area contributed by atoms with Gasteiger partial charge in [0.05, 0.1) is 16.8 Å². The minimum Gasteiger partial charge on any atom is -0.422 e. The molecule has 0 aliphatic heterocycles. The van der Waals surface area contributed by atoms with E-state index < -0.39 is 0 Å². The number of esters is 1. The van der Waals surface area contributed by atoms with Crippen molar-refractivity contribution in [1.29, 1.82) is 0 Å². The molecule has 150 valence electrons. The lowest BCUT2D eigenvalue weighted by Gasteiger charge is -2.14. The molecular formula is C27H25NO2. The quantitative estimate of drug-likeness (QED) is 0.287. The number of pyridine rings is 1. The smallest absolute Gasteiger partial charge is 0.344 e. The van der Waals surface area contributed by atoms with Gasteiger partial charge in [-0.1, -0.05) is 59.7 Å². The van der Waals surface area contributed by atoms with E-state index in [-0.39, 0.29) is 5.97 Å². The van der Waals surface area contributed by atoms with Gasteiger partial charge in [-0.05, 0) is 63.4 Å². The molecule has 4 aromatic rings. The normalized spacial score (nSPS) is 11.0. The summed E-state index contributed by atoms with van der Waals surface area (Å²) in [7, 11) is 0. The largest absolute Gasteiger partial charge is 0.422 e. The van der Waals surface area contributed by atoms with Gasteiger partial charge in [0.15, 0.2) is 0 Å². The van der Waals surface area contributed by atoms with Crippen LogP contribution in [0.5, 0.6) is 5.75 Å². The lowest BCUT2D eigenvalue weighted by Crippen LogP contribution is -2.12. The van der Waals surface area contributed by atoms with Crippen molar-refractivity contribution in [2.75, 3.05) is 0 Å². The van der Waals surface area contributed by atoms with E-state index in [9.17, 15) is 4.79 Å². The zero-order valence-corrected chi connectivity index (χ0v) is 18.0. The molecule has 4 rings (SSSR count). The first-order valence-corrected chi connectivity index (χ1v) is 10.1. The van der Waals surface area contributed by atoms with Crippen LogP contribution in [0.2, 0.25) is 0 Å². The Balaban J connectivity index is 1.90. The summed E-state index contributed by atoms with van der Waals surface area (Å²) in [6, 6.07) is 20.0. The second-order valence-electron chi connectivity index (χ2n) is 8.01. The number of benzene rings is 3. The van der Waals surface area contributed by atoms with Crippen molar-refractivity contribution < 1.29 is 9.53 Å². The van der Waals surface area contributed by atoms with E-state index in [0.29, 0.717) is 11.3 Å². The monoisotopic (exact) mass is 395 g/mol. The second-order valence-corrected chi connectivity index (χ2v) is 8.01. The first-order valence-electron chi connectivity index (χ1n) is 10.1. The zero-order chi connectivity index (χ0) is 21.4. The fourth-order valence-corrected chi connectivity index (χ4v) is 3.83. The Bertz CT molecular complexity index is 1250. The molecule has 0 aliphatic rings. The molecule has 0 atom stereocenters. The number of carbonyl (C=O) groups excluding carboxylic acids is 1. The molecule has 3 aromatic carbocycles. The van der Waals surface area contributed by atoms with Gasteiger partial charge in [0, 0.05) is 10.9 Å². The Morgan fingerprint density at radius 2 is 1.43 bits per heavy atom. The molecule has 3 nitrogen and oxygen atoms in total. The van der Waals surface area contributed by atoms with Gasteiger partial charge < -0.3 is 4.74 Å². The zero-order valence-electron chi connectivity index (χ0n) is 18.0. The van der Waals surface area contributed by atoms with Crippen molar-refractivity contribution >= 4 is 16.9 Å². The van der Waals surface area contributed by atoms with E-state index in [1.165, 1.54) is 5.56 Å². The molecule has 0 bridgehead atoms. The number of carbonyl (C=O) groups is 1. The Kier molecular flexibility index (Phi) is 5.13. The van der Waals surface area contributed by atoms with E-state index in [2.05, 4.69) is 25.1 Å². The molecule has 0 fully saturated rings. The Morgan fingerprint density at radius 1 is 0.767 bits per heavy atom. The predicted octanol–water partition coefficient (Wildman–Crippen LogP) is 6.66. The van der Waals surface area contributed by atoms with E-state index in [4.69, 9.17) is 9.72 Å². The molecule has 0 aliphatic carbocycles. The maximum absolute atomic E-state index is 13.3. The molecule has 1 heterocycles. The maximum atomic E-state index is 13.3. The van der Waals surface area contributed by atoms with E-state index in [0.717, 1.165) is 44.4 Å². The molecule has 3 heteroatoms. The van der Waals surface area contributed by atoms with Crippen LogP contribution in [0, 0.1) is 34.6 Å². The molecule has 0 radical (unpaired) electrons. The lowest BCUT2D eigenvalue weighted by atomic mass is 9.99.